The van der Waals surface area contributed by atoms with Crippen molar-refractivity contribution in [2.45, 2.75) is 26.2 Å². The Morgan fingerprint density at radius 3 is 2.36 bits per heavy atom. The first-order valence-corrected chi connectivity index (χ1v) is 12.2. The number of piperidine rings is 1. The van der Waals surface area contributed by atoms with Gasteiger partial charge in [-0.15, -0.1) is 0 Å². The standard InChI is InChI=1S/C28H32FN3O4/c1-5-30(2)28(35)26(33)23-17-31(3)24-16-25(36-4)22(15-21(23)24)27(34)32-12-10-19(11-13-32)14-18-6-8-20(29)9-7-18/h6-9,15-17,19H,5,10-14H2,1-4H3. The van der Waals surface area contributed by atoms with Gasteiger partial charge in [0, 0.05) is 51.4 Å². The van der Waals surface area contributed by atoms with Crippen LogP contribution in [0.15, 0.2) is 42.6 Å². The SMILES string of the molecule is CCN(C)C(=O)C(=O)c1cn(C)c2cc(OC)c(C(=O)N3CCC(Cc4ccc(F)cc4)CC3)cc12. The number of amides is 2. The molecule has 2 heterocycles. The van der Waals surface area contributed by atoms with Crippen LogP contribution in [0.25, 0.3) is 10.9 Å². The molecule has 2 amide bonds. The number of ether oxygens (including phenoxy) is 1. The maximum Gasteiger partial charge on any atom is 0.294 e. The monoisotopic (exact) mass is 493 g/mol. The van der Waals surface area contributed by atoms with E-state index in [2.05, 4.69) is 0 Å². The Labute approximate surface area is 210 Å². The van der Waals surface area contributed by atoms with Crippen LogP contribution < -0.4 is 4.74 Å². The van der Waals surface area contributed by atoms with Gasteiger partial charge in [0.1, 0.15) is 11.6 Å². The molecule has 2 aromatic carbocycles. The molecule has 7 nitrogen and oxygen atoms in total. The van der Waals surface area contributed by atoms with Crippen LogP contribution in [0.1, 0.15) is 46.0 Å². The fraction of sp³-hybridized carbons (Fsp3) is 0.393. The first kappa shape index (κ1) is 25.4. The third kappa shape index (κ3) is 4.98. The number of carbonyl (C=O) groups is 3. The second-order valence-corrected chi connectivity index (χ2v) is 9.44. The van der Waals surface area contributed by atoms with Crippen molar-refractivity contribution in [3.63, 3.8) is 0 Å². The Bertz CT molecular complexity index is 1290. The number of carbonyl (C=O) groups excluding carboxylic acids is 3. The summed E-state index contributed by atoms with van der Waals surface area (Å²) < 4.78 is 20.5. The number of fused-ring (bicyclic) bond motifs is 1. The molecule has 0 N–H and O–H groups in total. The van der Waals surface area contributed by atoms with Crippen LogP contribution in [0.5, 0.6) is 5.75 Å². The van der Waals surface area contributed by atoms with Crippen LogP contribution in [0, 0.1) is 11.7 Å². The molecule has 1 fully saturated rings. The number of nitrogens with zero attached hydrogens (tertiary/aromatic N) is 3. The number of hydrogen-bond donors (Lipinski definition) is 0. The number of aromatic nitrogens is 1. The molecular weight excluding hydrogens is 461 g/mol. The van der Waals surface area contributed by atoms with E-state index < -0.39 is 11.7 Å². The lowest BCUT2D eigenvalue weighted by molar-refractivity contribution is -0.125. The van der Waals surface area contributed by atoms with Gasteiger partial charge in [0.25, 0.3) is 17.6 Å². The zero-order valence-electron chi connectivity index (χ0n) is 21.2. The quantitative estimate of drug-likeness (QED) is 0.367. The molecule has 8 heteroatoms. The summed E-state index contributed by atoms with van der Waals surface area (Å²) in [5, 5.41) is 0.552. The number of ketones is 1. The van der Waals surface area contributed by atoms with Crippen LogP contribution in [0.2, 0.25) is 0 Å². The number of likely N-dealkylation sites (N-methyl/N-ethyl adjacent to an activating group) is 1. The van der Waals surface area contributed by atoms with Crippen LogP contribution in [-0.2, 0) is 18.3 Å². The van der Waals surface area contributed by atoms with E-state index in [-0.39, 0.29) is 17.3 Å². The molecule has 0 saturated carbocycles. The van der Waals surface area contributed by atoms with Crippen molar-refractivity contribution < 1.29 is 23.5 Å². The molecule has 0 bridgehead atoms. The molecule has 1 aromatic heterocycles. The van der Waals surface area contributed by atoms with Crippen molar-refractivity contribution in [2.24, 2.45) is 13.0 Å². The Kier molecular flexibility index (Phi) is 7.43. The molecule has 4 rings (SSSR count). The van der Waals surface area contributed by atoms with Gasteiger partial charge in [-0.25, -0.2) is 4.39 Å². The molecular formula is C28H32FN3O4. The predicted octanol–water partition coefficient (Wildman–Crippen LogP) is 4.08. The minimum atomic E-state index is -0.602. The van der Waals surface area contributed by atoms with E-state index in [0.717, 1.165) is 24.8 Å². The smallest absolute Gasteiger partial charge is 0.294 e. The van der Waals surface area contributed by atoms with E-state index in [0.29, 0.717) is 47.8 Å². The second kappa shape index (κ2) is 10.5. The van der Waals surface area contributed by atoms with E-state index in [1.54, 1.807) is 43.9 Å². The van der Waals surface area contributed by atoms with Gasteiger partial charge in [0.15, 0.2) is 0 Å². The molecule has 1 aliphatic rings. The summed E-state index contributed by atoms with van der Waals surface area (Å²) in [7, 11) is 4.89. The zero-order chi connectivity index (χ0) is 26.0. The third-order valence-electron chi connectivity index (χ3n) is 7.14. The molecule has 0 aliphatic carbocycles. The predicted molar refractivity (Wildman–Crippen MR) is 136 cm³/mol. The maximum atomic E-state index is 13.5. The third-order valence-corrected chi connectivity index (χ3v) is 7.14. The van der Waals surface area contributed by atoms with Gasteiger partial charge >= 0.3 is 0 Å². The van der Waals surface area contributed by atoms with Gasteiger partial charge in [-0.1, -0.05) is 12.1 Å². The number of halogens is 1. The van der Waals surface area contributed by atoms with Crippen molar-refractivity contribution in [3.05, 3.63) is 65.1 Å². The fourth-order valence-corrected chi connectivity index (χ4v) is 4.82. The van der Waals surface area contributed by atoms with Crippen LogP contribution in [0.3, 0.4) is 0 Å². The van der Waals surface area contributed by atoms with Gasteiger partial charge in [-0.3, -0.25) is 14.4 Å². The highest BCUT2D eigenvalue weighted by atomic mass is 19.1. The van der Waals surface area contributed by atoms with E-state index in [4.69, 9.17) is 4.74 Å². The van der Waals surface area contributed by atoms with Gasteiger partial charge in [-0.2, -0.15) is 0 Å². The van der Waals surface area contributed by atoms with Crippen molar-refractivity contribution >= 4 is 28.5 Å². The van der Waals surface area contributed by atoms with Gasteiger partial charge in [0.05, 0.1) is 23.8 Å². The molecule has 1 saturated heterocycles. The molecule has 0 radical (unpaired) electrons. The minimum Gasteiger partial charge on any atom is -0.496 e. The summed E-state index contributed by atoms with van der Waals surface area (Å²) in [4.78, 5) is 42.2. The minimum absolute atomic E-state index is 0.159. The second-order valence-electron chi connectivity index (χ2n) is 9.44. The van der Waals surface area contributed by atoms with Crippen LogP contribution in [-0.4, -0.2) is 65.8 Å². The first-order valence-electron chi connectivity index (χ1n) is 12.2. The molecule has 36 heavy (non-hydrogen) atoms. The highest BCUT2D eigenvalue weighted by Gasteiger charge is 2.29. The number of aryl methyl sites for hydroxylation is 1. The van der Waals surface area contributed by atoms with Gasteiger partial charge in [0.2, 0.25) is 0 Å². The first-order chi connectivity index (χ1) is 17.2. The Morgan fingerprint density at radius 2 is 1.75 bits per heavy atom. The Balaban J connectivity index is 1.56. The van der Waals surface area contributed by atoms with E-state index >= 15 is 0 Å². The molecule has 190 valence electrons. The summed E-state index contributed by atoms with van der Waals surface area (Å²) in [6.07, 6.45) is 4.18. The topological polar surface area (TPSA) is 71.9 Å². The summed E-state index contributed by atoms with van der Waals surface area (Å²) in [5.74, 6) is -0.739. The van der Waals surface area contributed by atoms with Crippen molar-refractivity contribution in [1.82, 2.24) is 14.4 Å². The summed E-state index contributed by atoms with van der Waals surface area (Å²) >= 11 is 0. The number of Topliss-reactive ketones (excluding diaryl/α,β-unsaturated/α-hetero) is 1. The van der Waals surface area contributed by atoms with Crippen molar-refractivity contribution in [3.8, 4) is 5.75 Å². The summed E-state index contributed by atoms with van der Waals surface area (Å²) in [6, 6.07) is 10.0. The van der Waals surface area contributed by atoms with Gasteiger partial charge in [-0.05, 0) is 55.9 Å². The van der Waals surface area contributed by atoms with Crippen LogP contribution >= 0.6 is 0 Å². The van der Waals surface area contributed by atoms with Crippen LogP contribution in [0.4, 0.5) is 4.39 Å². The number of benzene rings is 2. The average Bonchev–Trinajstić information content (AvgIpc) is 3.23. The maximum absolute atomic E-state index is 13.5. The molecule has 0 unspecified atom stereocenters. The highest BCUT2D eigenvalue weighted by molar-refractivity contribution is 6.44. The van der Waals surface area contributed by atoms with Crippen molar-refractivity contribution in [1.29, 1.82) is 0 Å². The lowest BCUT2D eigenvalue weighted by atomic mass is 9.90. The number of rotatable bonds is 7. The van der Waals surface area contributed by atoms with E-state index in [1.807, 2.05) is 17.0 Å². The average molecular weight is 494 g/mol. The molecule has 1 aliphatic heterocycles. The normalized spacial score (nSPS) is 14.2. The fourth-order valence-electron chi connectivity index (χ4n) is 4.82. The molecule has 0 atom stereocenters. The number of likely N-dealkylation sites (tertiary alicyclic amines) is 1. The highest BCUT2D eigenvalue weighted by Crippen LogP contribution is 2.32. The number of methoxy groups -OCH3 is 1. The van der Waals surface area contributed by atoms with Crippen molar-refractivity contribution in [2.75, 3.05) is 33.8 Å². The van der Waals surface area contributed by atoms with Gasteiger partial charge < -0.3 is 19.1 Å². The molecule has 3 aromatic rings. The summed E-state index contributed by atoms with van der Waals surface area (Å²) in [6.45, 7) is 3.43. The summed E-state index contributed by atoms with van der Waals surface area (Å²) in [5.41, 5.74) is 2.44. The van der Waals surface area contributed by atoms with E-state index in [1.165, 1.54) is 24.1 Å². The van der Waals surface area contributed by atoms with E-state index in [9.17, 15) is 18.8 Å². The largest absolute Gasteiger partial charge is 0.496 e. The lowest BCUT2D eigenvalue weighted by Gasteiger charge is -2.32. The molecule has 0 spiro atoms. The Hall–Kier alpha value is -3.68. The lowest BCUT2D eigenvalue weighted by Crippen LogP contribution is -2.39. The number of hydrogen-bond acceptors (Lipinski definition) is 4. The Morgan fingerprint density at radius 1 is 1.08 bits per heavy atom. The zero-order valence-corrected chi connectivity index (χ0v) is 21.2.